The van der Waals surface area contributed by atoms with Gasteiger partial charge in [0.1, 0.15) is 23.3 Å². The normalized spacial score (nSPS) is 10.3. The van der Waals surface area contributed by atoms with Crippen molar-refractivity contribution in [2.24, 2.45) is 5.73 Å². The van der Waals surface area contributed by atoms with Crippen molar-refractivity contribution in [3.8, 4) is 35.8 Å². The largest absolute Gasteiger partial charge is 0.444 e. The fourth-order valence-electron chi connectivity index (χ4n) is 5.05. The van der Waals surface area contributed by atoms with Gasteiger partial charge in [-0.1, -0.05) is 52.4 Å². The SMILES string of the molecule is C.C.CCCNc1nc(Nc2ccc(C#N)cc2)ncc1C#CCCCN.CCCNc1nc(Nc2ccc(C#N)cc2)ncc1C#CCCCNC(=O)[C@H](C)N(C)C(=O)OC(C)(C)C. The molecule has 4 rings (SSSR count). The zero-order valence-corrected chi connectivity index (χ0v) is 37.4. The molecule has 2 heterocycles. The van der Waals surface area contributed by atoms with Gasteiger partial charge in [-0.05, 0) is 108 Å². The number of carbonyl (C=O) groups is 2. The number of rotatable bonds is 17. The van der Waals surface area contributed by atoms with E-state index in [4.69, 9.17) is 21.0 Å². The summed E-state index contributed by atoms with van der Waals surface area (Å²) in [5, 5.41) is 33.5. The minimum absolute atomic E-state index is 0. The molecule has 0 spiro atoms. The fraction of sp³-hybridized carbons (Fsp3) is 0.429. The first-order chi connectivity index (χ1) is 30.3. The van der Waals surface area contributed by atoms with Crippen LogP contribution in [0, 0.1) is 46.3 Å². The number of likely N-dealkylation sites (N-methyl/N-ethyl adjacent to an activating group) is 1. The van der Waals surface area contributed by atoms with Gasteiger partial charge < -0.3 is 37.1 Å². The van der Waals surface area contributed by atoms with Crippen LogP contribution < -0.4 is 32.3 Å². The Morgan fingerprint density at radius 3 is 1.60 bits per heavy atom. The van der Waals surface area contributed by atoms with Crippen molar-refractivity contribution in [2.45, 2.75) is 107 Å². The van der Waals surface area contributed by atoms with Crippen molar-refractivity contribution in [3.05, 3.63) is 83.2 Å². The van der Waals surface area contributed by atoms with Gasteiger partial charge in [0.25, 0.3) is 0 Å². The lowest BCUT2D eigenvalue weighted by molar-refractivity contribution is -0.125. The van der Waals surface area contributed by atoms with Gasteiger partial charge in [-0.15, -0.1) is 0 Å². The lowest BCUT2D eigenvalue weighted by atomic mass is 10.2. The molecule has 2 aromatic carbocycles. The number of unbranched alkanes of at least 4 members (excludes halogenated alkanes) is 2. The number of hydrogen-bond acceptors (Lipinski definition) is 14. The third-order valence-corrected chi connectivity index (χ3v) is 8.57. The van der Waals surface area contributed by atoms with Gasteiger partial charge in [0, 0.05) is 50.9 Å². The summed E-state index contributed by atoms with van der Waals surface area (Å²) < 4.78 is 5.31. The summed E-state index contributed by atoms with van der Waals surface area (Å²) in [6, 6.07) is 17.7. The molecule has 0 fully saturated rings. The Hall–Kier alpha value is -7.40. The Balaban J connectivity index is 0.000000681. The van der Waals surface area contributed by atoms with Gasteiger partial charge in [0.2, 0.25) is 17.8 Å². The van der Waals surface area contributed by atoms with Crippen LogP contribution in [-0.4, -0.2) is 81.7 Å². The van der Waals surface area contributed by atoms with E-state index >= 15 is 0 Å². The van der Waals surface area contributed by atoms with E-state index in [-0.39, 0.29) is 20.8 Å². The number of carbonyl (C=O) groups excluding carboxylic acids is 2. The van der Waals surface area contributed by atoms with Crippen molar-refractivity contribution in [1.82, 2.24) is 30.2 Å². The molecule has 0 unspecified atom stereocenters. The summed E-state index contributed by atoms with van der Waals surface area (Å²) in [6.07, 6.45) is 7.61. The second kappa shape index (κ2) is 29.8. The molecule has 2 aromatic heterocycles. The van der Waals surface area contributed by atoms with Gasteiger partial charge in [-0.2, -0.15) is 20.5 Å². The third-order valence-electron chi connectivity index (χ3n) is 8.57. The molecule has 0 radical (unpaired) electrons. The van der Waals surface area contributed by atoms with E-state index in [2.05, 4.69) is 96.2 Å². The lowest BCUT2D eigenvalue weighted by Gasteiger charge is -2.28. The van der Waals surface area contributed by atoms with E-state index in [1.165, 1.54) is 4.90 Å². The number of amides is 2. The number of nitriles is 2. The Kier molecular flexibility index (Phi) is 25.5. The smallest absolute Gasteiger partial charge is 0.410 e. The number of anilines is 6. The van der Waals surface area contributed by atoms with E-state index in [9.17, 15) is 9.59 Å². The number of hydrogen-bond donors (Lipinski definition) is 6. The summed E-state index contributed by atoms with van der Waals surface area (Å²) in [5.74, 6) is 14.4. The first-order valence-corrected chi connectivity index (χ1v) is 21.0. The average molecular weight is 886 g/mol. The van der Waals surface area contributed by atoms with Gasteiger partial charge in [-0.25, -0.2) is 14.8 Å². The van der Waals surface area contributed by atoms with Crippen molar-refractivity contribution in [2.75, 3.05) is 54.5 Å². The number of nitrogens with two attached hydrogens (primary N) is 1. The first-order valence-electron chi connectivity index (χ1n) is 21.0. The maximum Gasteiger partial charge on any atom is 0.410 e. The van der Waals surface area contributed by atoms with Crippen LogP contribution in [0.1, 0.15) is 117 Å². The Morgan fingerprint density at radius 1 is 0.754 bits per heavy atom. The zero-order valence-electron chi connectivity index (χ0n) is 37.4. The minimum Gasteiger partial charge on any atom is -0.444 e. The van der Waals surface area contributed by atoms with Crippen LogP contribution in [0.3, 0.4) is 0 Å². The van der Waals surface area contributed by atoms with Crippen molar-refractivity contribution < 1.29 is 14.3 Å². The van der Waals surface area contributed by atoms with Crippen LogP contribution in [0.15, 0.2) is 60.9 Å². The minimum atomic E-state index is -0.656. The predicted molar refractivity (Wildman–Crippen MR) is 262 cm³/mol. The highest BCUT2D eigenvalue weighted by Gasteiger charge is 2.26. The van der Waals surface area contributed by atoms with Crippen molar-refractivity contribution >= 4 is 46.9 Å². The quantitative estimate of drug-likeness (QED) is 0.0430. The molecule has 2 amide bonds. The van der Waals surface area contributed by atoms with Crippen molar-refractivity contribution in [1.29, 1.82) is 10.5 Å². The fourth-order valence-corrected chi connectivity index (χ4v) is 5.05. The van der Waals surface area contributed by atoms with Crippen LogP contribution in [0.5, 0.6) is 0 Å². The maximum absolute atomic E-state index is 12.4. The molecular formula is C49H67N13O3. The standard InChI is InChI=1S/C28H37N7O3.C19H22N6.2CH4/c1-7-16-30-24-22(19-32-26(34-24)33-23-14-12-21(18-29)13-15-23)11-9-8-10-17-31-25(36)20(2)35(6)27(37)38-28(3,4)5;1-2-12-22-18-16(6-4-3-5-11-20)14-23-19(25-18)24-17-9-7-15(13-21)8-10-17;;/h12-15,19-20H,7-8,10,16-17H2,1-6H3,(H,31,36)(H2,30,32,33,34);7-10,14H,2-3,5,11-12,20H2,1H3,(H2,22,23,24,25);2*1H4/t20-;;;/m0.../s1. The Labute approximate surface area is 386 Å². The highest BCUT2D eigenvalue weighted by molar-refractivity contribution is 5.85. The van der Waals surface area contributed by atoms with E-state index in [0.29, 0.717) is 66.2 Å². The molecule has 0 aliphatic heterocycles. The number of ether oxygens (including phenoxy) is 1. The molecule has 0 bridgehead atoms. The number of aromatic nitrogens is 4. The van der Waals surface area contributed by atoms with Crippen LogP contribution in [0.25, 0.3) is 0 Å². The topological polar surface area (TPSA) is 232 Å². The van der Waals surface area contributed by atoms with E-state index in [1.54, 1.807) is 83.5 Å². The molecule has 0 saturated carbocycles. The lowest BCUT2D eigenvalue weighted by Crippen LogP contribution is -2.47. The van der Waals surface area contributed by atoms with Gasteiger partial charge >= 0.3 is 6.09 Å². The third kappa shape index (κ3) is 20.6. The van der Waals surface area contributed by atoms with E-state index in [1.807, 2.05) is 12.1 Å². The molecular weight excluding hydrogens is 819 g/mol. The van der Waals surface area contributed by atoms with Crippen molar-refractivity contribution in [3.63, 3.8) is 0 Å². The van der Waals surface area contributed by atoms with Crippen LogP contribution in [0.2, 0.25) is 0 Å². The maximum atomic E-state index is 12.4. The average Bonchev–Trinajstić information content (AvgIpc) is 3.28. The van der Waals surface area contributed by atoms with Crippen LogP contribution in [-0.2, 0) is 9.53 Å². The molecule has 1 atom stereocenters. The van der Waals surface area contributed by atoms with Gasteiger partial charge in [0.15, 0.2) is 0 Å². The summed E-state index contributed by atoms with van der Waals surface area (Å²) in [4.78, 5) is 43.6. The summed E-state index contributed by atoms with van der Waals surface area (Å²) >= 11 is 0. The number of nitrogens with zero attached hydrogens (tertiary/aromatic N) is 7. The highest BCUT2D eigenvalue weighted by Crippen LogP contribution is 2.20. The Bertz CT molecular complexity index is 2290. The molecule has 16 heteroatoms. The molecule has 0 aliphatic carbocycles. The summed E-state index contributed by atoms with van der Waals surface area (Å²) in [7, 11) is 1.54. The summed E-state index contributed by atoms with van der Waals surface area (Å²) in [6.45, 7) is 13.8. The Morgan fingerprint density at radius 2 is 1.20 bits per heavy atom. The molecule has 65 heavy (non-hydrogen) atoms. The second-order valence-corrected chi connectivity index (χ2v) is 15.1. The molecule has 16 nitrogen and oxygen atoms in total. The second-order valence-electron chi connectivity index (χ2n) is 15.1. The molecule has 346 valence electrons. The first kappa shape index (κ1) is 55.6. The number of benzene rings is 2. The zero-order chi connectivity index (χ0) is 46.0. The van der Waals surface area contributed by atoms with Gasteiger partial charge in [-0.3, -0.25) is 9.69 Å². The monoisotopic (exact) mass is 886 g/mol. The molecule has 7 N–H and O–H groups in total. The number of nitrogens with one attached hydrogen (secondary N) is 5. The van der Waals surface area contributed by atoms with Crippen LogP contribution >= 0.6 is 0 Å². The van der Waals surface area contributed by atoms with E-state index in [0.717, 1.165) is 55.7 Å². The molecule has 4 aromatic rings. The van der Waals surface area contributed by atoms with E-state index < -0.39 is 17.7 Å². The van der Waals surface area contributed by atoms with Gasteiger partial charge in [0.05, 0.1) is 46.8 Å². The molecule has 0 aliphatic rings. The molecule has 0 saturated heterocycles. The highest BCUT2D eigenvalue weighted by atomic mass is 16.6. The van der Waals surface area contributed by atoms with Crippen LogP contribution in [0.4, 0.5) is 39.7 Å². The summed E-state index contributed by atoms with van der Waals surface area (Å²) in [5.41, 5.74) is 9.10. The predicted octanol–water partition coefficient (Wildman–Crippen LogP) is 8.69.